The third-order valence-corrected chi connectivity index (χ3v) is 2.58. The fourth-order valence-electron chi connectivity index (χ4n) is 1.85. The second-order valence-corrected chi connectivity index (χ2v) is 4.12. The van der Waals surface area contributed by atoms with Gasteiger partial charge in [-0.05, 0) is 49.7 Å². The van der Waals surface area contributed by atoms with E-state index in [2.05, 4.69) is 18.7 Å². The first-order valence-corrected chi connectivity index (χ1v) is 5.93. The lowest BCUT2D eigenvalue weighted by Crippen LogP contribution is -2.25. The first kappa shape index (κ1) is 13.0. The van der Waals surface area contributed by atoms with Gasteiger partial charge in [-0.1, -0.05) is 13.8 Å². The molecule has 0 radical (unpaired) electrons. The number of halogens is 1. The molecule has 1 aromatic rings. The van der Waals surface area contributed by atoms with Gasteiger partial charge in [0.2, 0.25) is 0 Å². The molecule has 0 spiro atoms. The highest BCUT2D eigenvalue weighted by molar-refractivity contribution is 5.46. The lowest BCUT2D eigenvalue weighted by Gasteiger charge is -2.21. The highest BCUT2D eigenvalue weighted by Gasteiger charge is 2.07. The first-order valence-electron chi connectivity index (χ1n) is 5.93. The first-order chi connectivity index (χ1) is 7.67. The highest BCUT2D eigenvalue weighted by Crippen LogP contribution is 2.16. The molecule has 0 saturated heterocycles. The van der Waals surface area contributed by atoms with Crippen molar-refractivity contribution in [3.63, 3.8) is 0 Å². The summed E-state index contributed by atoms with van der Waals surface area (Å²) in [6.45, 7) is 7.11. The molecule has 0 amide bonds. The van der Waals surface area contributed by atoms with Crippen LogP contribution in [0.1, 0.15) is 32.3 Å². The van der Waals surface area contributed by atoms with Gasteiger partial charge in [-0.3, -0.25) is 4.90 Å². The summed E-state index contributed by atoms with van der Waals surface area (Å²) in [6.07, 6.45) is 2.21. The van der Waals surface area contributed by atoms with Crippen molar-refractivity contribution in [2.24, 2.45) is 0 Å². The van der Waals surface area contributed by atoms with E-state index in [9.17, 15) is 4.39 Å². The van der Waals surface area contributed by atoms with Gasteiger partial charge in [0.05, 0.1) is 0 Å². The fourth-order valence-corrected chi connectivity index (χ4v) is 1.85. The zero-order chi connectivity index (χ0) is 12.0. The molecule has 1 rings (SSSR count). The SMILES string of the molecule is CCCN(CCC)Cc1cc(F)ccc1N. The Labute approximate surface area is 97.3 Å². The molecular formula is C13H21FN2. The van der Waals surface area contributed by atoms with Crippen LogP contribution >= 0.6 is 0 Å². The van der Waals surface area contributed by atoms with Crippen LogP contribution in [0.2, 0.25) is 0 Å². The van der Waals surface area contributed by atoms with Crippen LogP contribution in [-0.2, 0) is 6.54 Å². The molecule has 3 heteroatoms. The van der Waals surface area contributed by atoms with Gasteiger partial charge in [0, 0.05) is 12.2 Å². The van der Waals surface area contributed by atoms with Crippen molar-refractivity contribution in [1.82, 2.24) is 4.90 Å². The molecule has 0 aliphatic carbocycles. The van der Waals surface area contributed by atoms with Gasteiger partial charge in [0.15, 0.2) is 0 Å². The molecule has 0 fully saturated rings. The molecule has 2 N–H and O–H groups in total. The van der Waals surface area contributed by atoms with E-state index < -0.39 is 0 Å². The lowest BCUT2D eigenvalue weighted by atomic mass is 10.1. The molecule has 0 heterocycles. The Kier molecular flexibility index (Phi) is 5.26. The van der Waals surface area contributed by atoms with Crippen molar-refractivity contribution < 1.29 is 4.39 Å². The minimum absolute atomic E-state index is 0.211. The lowest BCUT2D eigenvalue weighted by molar-refractivity contribution is 0.266. The number of nitrogens with two attached hydrogens (primary N) is 1. The van der Waals surface area contributed by atoms with Crippen LogP contribution < -0.4 is 5.73 Å². The number of hydrogen-bond donors (Lipinski definition) is 1. The van der Waals surface area contributed by atoms with E-state index in [4.69, 9.17) is 5.73 Å². The highest BCUT2D eigenvalue weighted by atomic mass is 19.1. The van der Waals surface area contributed by atoms with E-state index in [1.54, 1.807) is 6.07 Å². The predicted octanol–water partition coefficient (Wildman–Crippen LogP) is 3.03. The number of anilines is 1. The Balaban J connectivity index is 2.71. The largest absolute Gasteiger partial charge is 0.398 e. The van der Waals surface area contributed by atoms with E-state index in [1.165, 1.54) is 12.1 Å². The van der Waals surface area contributed by atoms with Crippen molar-refractivity contribution in [3.05, 3.63) is 29.6 Å². The molecule has 1 aromatic carbocycles. The topological polar surface area (TPSA) is 29.3 Å². The summed E-state index contributed by atoms with van der Waals surface area (Å²) < 4.78 is 13.1. The summed E-state index contributed by atoms with van der Waals surface area (Å²) in [6, 6.07) is 4.58. The minimum atomic E-state index is -0.211. The third kappa shape index (κ3) is 3.81. The number of nitrogens with zero attached hydrogens (tertiary/aromatic N) is 1. The number of nitrogen functional groups attached to an aromatic ring is 1. The molecule has 0 aliphatic heterocycles. The standard InChI is InChI=1S/C13H21FN2/c1-3-7-16(8-4-2)10-11-9-12(14)5-6-13(11)15/h5-6,9H,3-4,7-8,10,15H2,1-2H3. The van der Waals surface area contributed by atoms with E-state index in [0.717, 1.165) is 38.0 Å². The zero-order valence-corrected chi connectivity index (χ0v) is 10.2. The quantitative estimate of drug-likeness (QED) is 0.753. The fraction of sp³-hybridized carbons (Fsp3) is 0.538. The number of rotatable bonds is 6. The molecule has 2 nitrogen and oxygen atoms in total. The maximum atomic E-state index is 13.1. The molecule has 16 heavy (non-hydrogen) atoms. The van der Waals surface area contributed by atoms with Crippen molar-refractivity contribution in [2.75, 3.05) is 18.8 Å². The molecule has 0 aliphatic rings. The summed E-state index contributed by atoms with van der Waals surface area (Å²) in [4.78, 5) is 2.31. The Morgan fingerprint density at radius 3 is 2.38 bits per heavy atom. The summed E-state index contributed by atoms with van der Waals surface area (Å²) in [5.74, 6) is -0.211. The molecule has 0 atom stereocenters. The van der Waals surface area contributed by atoms with E-state index in [0.29, 0.717) is 5.69 Å². The summed E-state index contributed by atoms with van der Waals surface area (Å²) in [7, 11) is 0. The minimum Gasteiger partial charge on any atom is -0.398 e. The number of hydrogen-bond acceptors (Lipinski definition) is 2. The van der Waals surface area contributed by atoms with Crippen LogP contribution in [-0.4, -0.2) is 18.0 Å². The number of benzene rings is 1. The van der Waals surface area contributed by atoms with Crippen molar-refractivity contribution in [2.45, 2.75) is 33.2 Å². The van der Waals surface area contributed by atoms with Gasteiger partial charge in [-0.15, -0.1) is 0 Å². The molecule has 0 saturated carbocycles. The second kappa shape index (κ2) is 6.48. The van der Waals surface area contributed by atoms with Crippen molar-refractivity contribution in [1.29, 1.82) is 0 Å². The van der Waals surface area contributed by atoms with Crippen molar-refractivity contribution >= 4 is 5.69 Å². The molecular weight excluding hydrogens is 203 g/mol. The Morgan fingerprint density at radius 1 is 1.19 bits per heavy atom. The predicted molar refractivity (Wildman–Crippen MR) is 66.7 cm³/mol. The van der Waals surface area contributed by atoms with Crippen molar-refractivity contribution in [3.8, 4) is 0 Å². The summed E-state index contributed by atoms with van der Waals surface area (Å²) in [5.41, 5.74) is 7.41. The van der Waals surface area contributed by atoms with Crippen LogP contribution in [0.3, 0.4) is 0 Å². The van der Waals surface area contributed by atoms with Gasteiger partial charge >= 0.3 is 0 Å². The smallest absolute Gasteiger partial charge is 0.123 e. The van der Waals surface area contributed by atoms with E-state index in [-0.39, 0.29) is 5.82 Å². The van der Waals surface area contributed by atoms with Gasteiger partial charge in [-0.2, -0.15) is 0 Å². The Morgan fingerprint density at radius 2 is 1.81 bits per heavy atom. The maximum absolute atomic E-state index is 13.1. The van der Waals surface area contributed by atoms with Crippen LogP contribution in [0, 0.1) is 5.82 Å². The van der Waals surface area contributed by atoms with Crippen LogP contribution in [0.4, 0.5) is 10.1 Å². The maximum Gasteiger partial charge on any atom is 0.123 e. The Bertz CT molecular complexity index is 320. The molecule has 0 unspecified atom stereocenters. The monoisotopic (exact) mass is 224 g/mol. The normalized spacial score (nSPS) is 11.0. The molecule has 0 bridgehead atoms. The van der Waals surface area contributed by atoms with Crippen LogP contribution in [0.5, 0.6) is 0 Å². The summed E-state index contributed by atoms with van der Waals surface area (Å²) >= 11 is 0. The van der Waals surface area contributed by atoms with Gasteiger partial charge in [0.1, 0.15) is 5.82 Å². The second-order valence-electron chi connectivity index (χ2n) is 4.12. The third-order valence-electron chi connectivity index (χ3n) is 2.58. The van der Waals surface area contributed by atoms with Gasteiger partial charge in [-0.25, -0.2) is 4.39 Å². The Hall–Kier alpha value is -1.09. The average Bonchev–Trinajstić information content (AvgIpc) is 2.24. The van der Waals surface area contributed by atoms with E-state index in [1.807, 2.05) is 0 Å². The van der Waals surface area contributed by atoms with Gasteiger partial charge in [0.25, 0.3) is 0 Å². The molecule has 90 valence electrons. The zero-order valence-electron chi connectivity index (χ0n) is 10.2. The van der Waals surface area contributed by atoms with Crippen LogP contribution in [0.25, 0.3) is 0 Å². The summed E-state index contributed by atoms with van der Waals surface area (Å²) in [5, 5.41) is 0. The van der Waals surface area contributed by atoms with Crippen LogP contribution in [0.15, 0.2) is 18.2 Å². The van der Waals surface area contributed by atoms with E-state index >= 15 is 0 Å². The molecule has 0 aromatic heterocycles. The average molecular weight is 224 g/mol. The van der Waals surface area contributed by atoms with Gasteiger partial charge < -0.3 is 5.73 Å².